The average Bonchev–Trinajstić information content (AvgIpc) is 0.875. The third kappa shape index (κ3) is 85.3. The van der Waals surface area contributed by atoms with Crippen molar-refractivity contribution in [1.29, 1.82) is 0 Å². The lowest BCUT2D eigenvalue weighted by molar-refractivity contribution is 0.163. The summed E-state index contributed by atoms with van der Waals surface area (Å²) in [5.41, 5.74) is 2.05. The van der Waals surface area contributed by atoms with E-state index in [2.05, 4.69) is 65.4 Å². The molecule has 4 atom stereocenters. The maximum atomic E-state index is 12.7. The van der Waals surface area contributed by atoms with E-state index in [4.69, 9.17) is 57.2 Å². The largest absolute Gasteiger partial charge is 0.469 e. The number of rotatable bonds is 92. The topological polar surface area (TPSA) is 466 Å². The van der Waals surface area contributed by atoms with Gasteiger partial charge in [-0.25, -0.2) is 18.3 Å². The van der Waals surface area contributed by atoms with Gasteiger partial charge in [0.15, 0.2) is 0 Å². The molecule has 4 aromatic carbocycles. The van der Waals surface area contributed by atoms with E-state index in [9.17, 15) is 56.1 Å². The van der Waals surface area contributed by atoms with Crippen molar-refractivity contribution in [3.8, 4) is 0 Å². The molecule has 0 aliphatic rings. The fourth-order valence-corrected chi connectivity index (χ4v) is 21.8. The second-order valence-electron chi connectivity index (χ2n) is 37.4. The zero-order valence-corrected chi connectivity index (χ0v) is 94.7. The van der Waals surface area contributed by atoms with Crippen molar-refractivity contribution in [2.75, 3.05) is 131 Å². The van der Waals surface area contributed by atoms with E-state index in [0.717, 1.165) is 102 Å². The van der Waals surface area contributed by atoms with E-state index in [1.165, 1.54) is 244 Å². The van der Waals surface area contributed by atoms with E-state index < -0.39 is 61.7 Å². The number of benzene rings is 4. The van der Waals surface area contributed by atoms with Gasteiger partial charge in [-0.05, 0) is 166 Å². The summed E-state index contributed by atoms with van der Waals surface area (Å²) >= 11 is 0. The standard InChI is InChI=1S/C34H57NO6P2.C30H49NO6P2.C22H49NO8P2.C16H37NO8P2/c1-4-5-6-7-8-9-10-11-12-13-14-15-26-35(27-16-29-40-42(36,37)33-22-18-31(2)19-23-33)28-17-30-41-43(38,39)34-24-20-32(3)21-25-34;1-2-3-4-5-6-7-8-9-10-17-24-31(25-18-27-36-38(32,33)29-20-13-11-14-21-29)26-19-28-37-39(34,35)30-22-15-12-16-23-30;1-2-3-4-5-6-7-8-9-10-11-12-13-14-15-18-23(19-16-21-30-32(24,25)26)20-17-22-31-33(27,28)29;1-2-3-4-5-6-7-8-9-12-17(13-10-15-24-26(18,19)20)14-11-16-25-27(21,22)23/h18-25H,4-17,26-30H2,1-3H3,(H,36,37)(H,38,39);11-16,20-23H,2-10,17-19,24-28H2,1H3,(H,32,33)(H,34,35);2-22H2,1H3,(H2,24,25,26)(H2,27,28,29);2-16H2,1H3,(H2,18,19,20)(H2,21,22,23). The molecule has 0 aromatic heterocycles. The van der Waals surface area contributed by atoms with Crippen LogP contribution >= 0.6 is 61.7 Å². The van der Waals surface area contributed by atoms with E-state index in [1.54, 1.807) is 84.9 Å². The third-order valence-corrected chi connectivity index (χ3v) is 32.3. The fraction of sp³-hybridized carbons (Fsp3) is 0.765. The van der Waals surface area contributed by atoms with E-state index >= 15 is 0 Å². The highest BCUT2D eigenvalue weighted by atomic mass is 31.2. The number of unbranched alkanes of at least 4 members (excludes halogenated alkanes) is 40. The maximum absolute atomic E-state index is 12.7. The molecule has 0 saturated heterocycles. The van der Waals surface area contributed by atoms with Gasteiger partial charge in [-0.3, -0.25) is 36.4 Å². The van der Waals surface area contributed by atoms with Crippen molar-refractivity contribution in [1.82, 2.24) is 19.6 Å². The number of aryl methyl sites for hydroxylation is 2. The Morgan fingerprint density at radius 3 is 0.465 bits per heavy atom. The van der Waals surface area contributed by atoms with Gasteiger partial charge in [-0.1, -0.05) is 356 Å². The predicted molar refractivity (Wildman–Crippen MR) is 577 cm³/mol. The van der Waals surface area contributed by atoms with Crippen LogP contribution in [-0.2, 0) is 72.7 Å². The van der Waals surface area contributed by atoms with E-state index in [0.29, 0.717) is 98.8 Å². The number of phosphoric acid groups is 4. The van der Waals surface area contributed by atoms with Crippen molar-refractivity contribution in [2.24, 2.45) is 0 Å². The molecular weight excluding hydrogens is 1980 g/mol. The Morgan fingerprint density at radius 1 is 0.176 bits per heavy atom. The van der Waals surface area contributed by atoms with Gasteiger partial charge in [0.1, 0.15) is 0 Å². The van der Waals surface area contributed by atoms with Crippen LogP contribution in [0.5, 0.6) is 0 Å². The van der Waals surface area contributed by atoms with Crippen molar-refractivity contribution in [3.05, 3.63) is 120 Å². The molecule has 0 radical (unpaired) electrons. The van der Waals surface area contributed by atoms with Crippen LogP contribution in [0.1, 0.15) is 373 Å². The first-order valence-corrected chi connectivity index (χ1v) is 66.0. The molecular formula is C102H192N4O28P8. The molecule has 0 heterocycles. The summed E-state index contributed by atoms with van der Waals surface area (Å²) in [5.74, 6) is 0. The first kappa shape index (κ1) is 138. The van der Waals surface area contributed by atoms with Gasteiger partial charge >= 0.3 is 61.7 Å². The second kappa shape index (κ2) is 87.2. The van der Waals surface area contributed by atoms with Crippen LogP contribution < -0.4 is 21.2 Å². The first-order chi connectivity index (χ1) is 67.8. The molecule has 828 valence electrons. The average molecular weight is 2170 g/mol. The summed E-state index contributed by atoms with van der Waals surface area (Å²) in [6, 6.07) is 30.7. The number of hydrogen-bond donors (Lipinski definition) is 12. The normalized spacial score (nSPS) is 13.8. The SMILES string of the molecule is CCCCCCCCCCCCCCCCN(CCCOP(=O)(O)O)CCCOP(=O)(O)O.CCCCCCCCCCCCCCN(CCCOP(=O)(O)c1ccc(C)cc1)CCCOP(=O)(O)c1ccc(C)cc1.CCCCCCCCCCCCN(CCCOP(=O)(O)c1ccccc1)CCCOP(=O)(O)c1ccccc1.CCCCCCCCCCN(CCCOP(=O)(O)O)CCCOP(=O)(O)O. The number of nitrogens with zero attached hydrogens (tertiary/aromatic N) is 4. The van der Waals surface area contributed by atoms with Gasteiger partial charge in [-0.2, -0.15) is 0 Å². The molecule has 12 N–H and O–H groups in total. The summed E-state index contributed by atoms with van der Waals surface area (Å²) in [5, 5.41) is 1.23. The molecule has 0 amide bonds. The molecule has 4 rings (SSSR count). The Bertz CT molecular complexity index is 3810. The summed E-state index contributed by atoms with van der Waals surface area (Å²) in [4.78, 5) is 120. The monoisotopic (exact) mass is 2170 g/mol. The quantitative estimate of drug-likeness (QED) is 0.0144. The van der Waals surface area contributed by atoms with Gasteiger partial charge in [0.05, 0.1) is 74.1 Å². The van der Waals surface area contributed by atoms with Crippen LogP contribution in [0.15, 0.2) is 109 Å². The molecule has 0 fully saturated rings. The Kier molecular flexibility index (Phi) is 84.6. The smallest absolute Gasteiger partial charge is 0.321 e. The van der Waals surface area contributed by atoms with Gasteiger partial charge in [0, 0.05) is 52.4 Å². The Morgan fingerprint density at radius 2 is 0.310 bits per heavy atom. The molecule has 0 aliphatic carbocycles. The first-order valence-electron chi connectivity index (χ1n) is 53.6. The van der Waals surface area contributed by atoms with Gasteiger partial charge in [-0.15, -0.1) is 0 Å². The van der Waals surface area contributed by atoms with Crippen molar-refractivity contribution < 1.29 is 131 Å². The van der Waals surface area contributed by atoms with Crippen LogP contribution in [0.3, 0.4) is 0 Å². The lowest BCUT2D eigenvalue weighted by Gasteiger charge is -2.23. The lowest BCUT2D eigenvalue weighted by Crippen LogP contribution is -2.29. The minimum absolute atomic E-state index is 0.0293. The molecule has 0 aliphatic heterocycles. The van der Waals surface area contributed by atoms with Crippen molar-refractivity contribution >= 4 is 82.9 Å². The van der Waals surface area contributed by atoms with Crippen LogP contribution in [0.4, 0.5) is 0 Å². The van der Waals surface area contributed by atoms with Gasteiger partial charge < -0.3 is 96.4 Å². The predicted octanol–water partition coefficient (Wildman–Crippen LogP) is 24.7. The highest BCUT2D eigenvalue weighted by Gasteiger charge is 2.28. The van der Waals surface area contributed by atoms with Crippen LogP contribution in [-0.4, -0.2) is 210 Å². The number of phosphoric ester groups is 4. The Balaban J connectivity index is 0.000000960. The van der Waals surface area contributed by atoms with Crippen LogP contribution in [0.2, 0.25) is 0 Å². The van der Waals surface area contributed by atoms with Gasteiger partial charge in [0.2, 0.25) is 0 Å². The van der Waals surface area contributed by atoms with E-state index in [-0.39, 0.29) is 52.9 Å². The molecule has 0 spiro atoms. The molecule has 0 saturated carbocycles. The summed E-state index contributed by atoms with van der Waals surface area (Å²) in [7, 11) is -33.1. The van der Waals surface area contributed by atoms with Crippen LogP contribution in [0.25, 0.3) is 0 Å². The minimum Gasteiger partial charge on any atom is -0.321 e. The number of hydrogen-bond acceptors (Lipinski definition) is 20. The maximum Gasteiger partial charge on any atom is 0.469 e. The fourth-order valence-electron chi connectivity index (χ4n) is 16.1. The lowest BCUT2D eigenvalue weighted by atomic mass is 10.0. The zero-order chi connectivity index (χ0) is 105. The van der Waals surface area contributed by atoms with E-state index in [1.807, 2.05) is 38.1 Å². The van der Waals surface area contributed by atoms with Crippen molar-refractivity contribution in [2.45, 2.75) is 375 Å². The summed E-state index contributed by atoms with van der Waals surface area (Å²) < 4.78 is 133. The summed E-state index contributed by atoms with van der Waals surface area (Å²) in [6.07, 6.45) is 60.6. The second-order valence-corrected chi connectivity index (χ2v) is 49.6. The molecule has 4 unspecified atom stereocenters. The Hall–Kier alpha value is -2.24. The molecule has 32 nitrogen and oxygen atoms in total. The van der Waals surface area contributed by atoms with Crippen LogP contribution in [0, 0.1) is 13.8 Å². The molecule has 0 bridgehead atoms. The molecule has 40 heteroatoms. The molecule has 142 heavy (non-hydrogen) atoms. The van der Waals surface area contributed by atoms with Gasteiger partial charge in [0.25, 0.3) is 0 Å². The Labute approximate surface area is 856 Å². The highest BCUT2D eigenvalue weighted by Crippen LogP contribution is 2.45. The molecule has 4 aromatic rings. The highest BCUT2D eigenvalue weighted by molar-refractivity contribution is 7.62. The zero-order valence-electron chi connectivity index (χ0n) is 87.6. The minimum atomic E-state index is -4.45. The summed E-state index contributed by atoms with van der Waals surface area (Å²) in [6.45, 7) is 22.3. The third-order valence-electron chi connectivity index (χ3n) is 24.2. The van der Waals surface area contributed by atoms with Crippen molar-refractivity contribution in [3.63, 3.8) is 0 Å².